The summed E-state index contributed by atoms with van der Waals surface area (Å²) in [6.45, 7) is 9.77. The fraction of sp³-hybridized carbons (Fsp3) is 0.0667. The first kappa shape index (κ1) is 20.1. The quantitative estimate of drug-likeness (QED) is 0.197. The molecular formula is C30H20FN2O+. The lowest BCUT2D eigenvalue weighted by molar-refractivity contribution is -0.660. The number of hydrogen-bond acceptors (Lipinski definition) is 1. The third-order valence-corrected chi connectivity index (χ3v) is 6.52. The average molecular weight is 444 g/mol. The molecule has 2 heterocycles. The van der Waals surface area contributed by atoms with Gasteiger partial charge in [-0.05, 0) is 34.9 Å². The Morgan fingerprint density at radius 2 is 1.71 bits per heavy atom. The highest BCUT2D eigenvalue weighted by Gasteiger charge is 2.23. The zero-order valence-electron chi connectivity index (χ0n) is 18.8. The first-order valence-corrected chi connectivity index (χ1v) is 11.1. The normalized spacial score (nSPS) is 11.4. The second-order valence-corrected chi connectivity index (χ2v) is 8.59. The molecule has 4 heteroatoms. The first-order chi connectivity index (χ1) is 16.5. The van der Waals surface area contributed by atoms with Crippen molar-refractivity contribution < 1.29 is 13.4 Å². The molecular weight excluding hydrogens is 423 g/mol. The summed E-state index contributed by atoms with van der Waals surface area (Å²) < 4.78 is 22.7. The topological polar surface area (TPSA) is 21.4 Å². The number of halogens is 1. The zero-order chi connectivity index (χ0) is 23.4. The van der Waals surface area contributed by atoms with Gasteiger partial charge < -0.3 is 4.42 Å². The van der Waals surface area contributed by atoms with Crippen molar-refractivity contribution in [3.05, 3.63) is 108 Å². The number of aromatic nitrogens is 1. The van der Waals surface area contributed by atoms with Crippen molar-refractivity contribution in [1.82, 2.24) is 0 Å². The van der Waals surface area contributed by atoms with E-state index in [0.29, 0.717) is 16.9 Å². The van der Waals surface area contributed by atoms with Crippen LogP contribution in [0.5, 0.6) is 0 Å². The summed E-state index contributed by atoms with van der Waals surface area (Å²) in [5.41, 5.74) is 6.35. The van der Waals surface area contributed by atoms with Gasteiger partial charge in [-0.15, -0.1) is 0 Å². The minimum Gasteiger partial charge on any atom is -0.456 e. The van der Waals surface area contributed by atoms with Gasteiger partial charge in [0.05, 0.1) is 12.1 Å². The third kappa shape index (κ3) is 2.98. The van der Waals surface area contributed by atoms with Crippen LogP contribution < -0.4 is 4.57 Å². The summed E-state index contributed by atoms with van der Waals surface area (Å²) in [6.07, 6.45) is 1.71. The Balaban J connectivity index is 1.72. The maximum absolute atomic E-state index is 14.2. The molecule has 0 saturated heterocycles. The highest BCUT2D eigenvalue weighted by Crippen LogP contribution is 2.44. The lowest BCUT2D eigenvalue weighted by atomic mass is 9.97. The second-order valence-electron chi connectivity index (χ2n) is 8.59. The van der Waals surface area contributed by atoms with Crippen LogP contribution in [0.2, 0.25) is 0 Å². The molecule has 4 aromatic carbocycles. The van der Waals surface area contributed by atoms with Crippen LogP contribution in [0.15, 0.2) is 89.5 Å². The number of benzene rings is 4. The van der Waals surface area contributed by atoms with Crippen LogP contribution in [0.25, 0.3) is 59.9 Å². The van der Waals surface area contributed by atoms with Crippen molar-refractivity contribution in [2.24, 2.45) is 7.05 Å². The molecule has 6 rings (SSSR count). The predicted octanol–water partition coefficient (Wildman–Crippen LogP) is 7.90. The Labute approximate surface area is 196 Å². The van der Waals surface area contributed by atoms with Crippen molar-refractivity contribution in [1.29, 1.82) is 0 Å². The van der Waals surface area contributed by atoms with Gasteiger partial charge in [-0.1, -0.05) is 60.7 Å². The third-order valence-electron chi connectivity index (χ3n) is 6.52. The highest BCUT2D eigenvalue weighted by atomic mass is 19.1. The first-order valence-electron chi connectivity index (χ1n) is 11.1. The Morgan fingerprint density at radius 1 is 0.882 bits per heavy atom. The van der Waals surface area contributed by atoms with Crippen LogP contribution in [0, 0.1) is 19.3 Å². The summed E-state index contributed by atoms with van der Waals surface area (Å²) in [5.74, 6) is -0.306. The number of pyridine rings is 1. The lowest BCUT2D eigenvalue weighted by Gasteiger charge is -2.06. The fourth-order valence-corrected chi connectivity index (χ4v) is 4.81. The molecule has 0 aliphatic carbocycles. The SMILES string of the molecule is [C-]#[N+]c1ccc(-c2ccc3ccccc3c2)c2oc3c(-c4cc(F)cc[n+]4C)c(C)ccc3c12. The van der Waals surface area contributed by atoms with Gasteiger partial charge in [-0.25, -0.2) is 13.8 Å². The highest BCUT2D eigenvalue weighted by molar-refractivity contribution is 6.18. The number of furan rings is 1. The predicted molar refractivity (Wildman–Crippen MR) is 134 cm³/mol. The van der Waals surface area contributed by atoms with E-state index in [2.05, 4.69) is 35.2 Å². The molecule has 0 aliphatic heterocycles. The standard InChI is InChI=1S/C30H20FN2O/c1-18-8-11-24-28-25(32-2)13-12-23(21-10-9-19-6-4-5-7-20(19)16-21)29(28)34-30(24)27(18)26-17-22(31)14-15-33(26)3/h4-17H,1,3H3/q+1. The fourth-order valence-electron chi connectivity index (χ4n) is 4.81. The molecule has 162 valence electrons. The van der Waals surface area contributed by atoms with Gasteiger partial charge in [0.25, 0.3) is 0 Å². The molecule has 0 fully saturated rings. The van der Waals surface area contributed by atoms with E-state index < -0.39 is 0 Å². The molecule has 0 unspecified atom stereocenters. The summed E-state index contributed by atoms with van der Waals surface area (Å²) >= 11 is 0. The zero-order valence-corrected chi connectivity index (χ0v) is 18.8. The van der Waals surface area contributed by atoms with Crippen LogP contribution in [-0.4, -0.2) is 0 Å². The maximum atomic E-state index is 14.2. The van der Waals surface area contributed by atoms with E-state index >= 15 is 0 Å². The van der Waals surface area contributed by atoms with Crippen molar-refractivity contribution >= 4 is 38.4 Å². The average Bonchev–Trinajstić information content (AvgIpc) is 3.24. The maximum Gasteiger partial charge on any atom is 0.219 e. The van der Waals surface area contributed by atoms with Crippen molar-refractivity contribution in [3.63, 3.8) is 0 Å². The summed E-state index contributed by atoms with van der Waals surface area (Å²) in [6, 6.07) is 25.3. The molecule has 0 spiro atoms. The summed E-state index contributed by atoms with van der Waals surface area (Å²) in [7, 11) is 1.89. The number of rotatable bonds is 2. The number of hydrogen-bond donors (Lipinski definition) is 0. The van der Waals surface area contributed by atoms with E-state index in [1.54, 1.807) is 6.20 Å². The Bertz CT molecular complexity index is 1810. The molecule has 2 aromatic heterocycles. The van der Waals surface area contributed by atoms with Crippen LogP contribution in [0.1, 0.15) is 5.56 Å². The van der Waals surface area contributed by atoms with Gasteiger partial charge in [-0.2, -0.15) is 0 Å². The summed E-state index contributed by atoms with van der Waals surface area (Å²) in [5, 5.41) is 3.95. The molecule has 0 saturated carbocycles. The Hall–Kier alpha value is -4.49. The molecule has 34 heavy (non-hydrogen) atoms. The summed E-state index contributed by atoms with van der Waals surface area (Å²) in [4.78, 5) is 3.79. The van der Waals surface area contributed by atoms with Gasteiger partial charge in [0.15, 0.2) is 11.9 Å². The van der Waals surface area contributed by atoms with Gasteiger partial charge in [0, 0.05) is 28.5 Å². The van der Waals surface area contributed by atoms with Crippen molar-refractivity contribution in [2.75, 3.05) is 0 Å². The Kier molecular flexibility index (Phi) is 4.46. The molecule has 6 aromatic rings. The Morgan fingerprint density at radius 3 is 2.53 bits per heavy atom. The van der Waals surface area contributed by atoms with Crippen LogP contribution >= 0.6 is 0 Å². The minimum absolute atomic E-state index is 0.306. The van der Waals surface area contributed by atoms with Crippen molar-refractivity contribution in [2.45, 2.75) is 6.92 Å². The van der Waals surface area contributed by atoms with Gasteiger partial charge in [-0.3, -0.25) is 0 Å². The van der Waals surface area contributed by atoms with Crippen LogP contribution in [0.4, 0.5) is 10.1 Å². The van der Waals surface area contributed by atoms with Crippen molar-refractivity contribution in [3.8, 4) is 22.4 Å². The molecule has 0 radical (unpaired) electrons. The van der Waals surface area contributed by atoms with E-state index in [-0.39, 0.29) is 5.82 Å². The lowest BCUT2D eigenvalue weighted by Crippen LogP contribution is -2.30. The van der Waals surface area contributed by atoms with E-state index in [1.165, 1.54) is 17.5 Å². The van der Waals surface area contributed by atoms with Gasteiger partial charge in [0.1, 0.15) is 24.0 Å². The molecule has 3 nitrogen and oxygen atoms in total. The van der Waals surface area contributed by atoms with E-state index in [4.69, 9.17) is 11.0 Å². The second kappa shape index (κ2) is 7.54. The molecule has 0 N–H and O–H groups in total. The van der Waals surface area contributed by atoms with Gasteiger partial charge in [0.2, 0.25) is 5.69 Å². The van der Waals surface area contributed by atoms with Crippen LogP contribution in [-0.2, 0) is 7.05 Å². The molecule has 0 bridgehead atoms. The molecule has 0 amide bonds. The van der Waals surface area contributed by atoms with E-state index in [0.717, 1.165) is 44.1 Å². The number of nitrogens with zero attached hydrogens (tertiary/aromatic N) is 2. The molecule has 0 atom stereocenters. The van der Waals surface area contributed by atoms with Crippen LogP contribution in [0.3, 0.4) is 0 Å². The smallest absolute Gasteiger partial charge is 0.219 e. The number of fused-ring (bicyclic) bond motifs is 4. The largest absolute Gasteiger partial charge is 0.456 e. The van der Waals surface area contributed by atoms with E-state index in [9.17, 15) is 4.39 Å². The van der Waals surface area contributed by atoms with Gasteiger partial charge >= 0.3 is 0 Å². The van der Waals surface area contributed by atoms with E-state index in [1.807, 2.05) is 54.9 Å². The minimum atomic E-state index is -0.306. The molecule has 0 aliphatic rings. The number of aryl methyl sites for hydroxylation is 2. The monoisotopic (exact) mass is 443 g/mol.